The van der Waals surface area contributed by atoms with E-state index in [0.29, 0.717) is 33.3 Å². The van der Waals surface area contributed by atoms with E-state index in [0.717, 1.165) is 35.4 Å². The van der Waals surface area contributed by atoms with E-state index in [1.165, 1.54) is 24.3 Å². The number of carboxylic acids is 1. The first kappa shape index (κ1) is 84.6. The van der Waals surface area contributed by atoms with E-state index in [4.69, 9.17) is 14.2 Å². The number of aliphatic hydroxyl groups excluding tert-OH is 8. The summed E-state index contributed by atoms with van der Waals surface area (Å²) >= 11 is 0. The van der Waals surface area contributed by atoms with Gasteiger partial charge in [0.1, 0.15) is 102 Å². The molecule has 36 heteroatoms. The van der Waals surface area contributed by atoms with E-state index >= 15 is 19.2 Å². The third kappa shape index (κ3) is 22.8. The van der Waals surface area contributed by atoms with Crippen LogP contribution >= 0.6 is 21.6 Å². The molecular formula is C71H96N10O24S2. The molecule has 586 valence electrons. The molecule has 4 aromatic rings. The minimum absolute atomic E-state index is 0.0588. The number of ketones is 2. The van der Waals surface area contributed by atoms with E-state index in [1.807, 2.05) is 13.8 Å². The molecule has 3 aromatic carbocycles. The van der Waals surface area contributed by atoms with Gasteiger partial charge in [0.25, 0.3) is 0 Å². The zero-order chi connectivity index (χ0) is 78.2. The number of Topliss-reactive ketones (excluding diaryl/α,β-unsaturated/α-hetero) is 2. The number of hydrogen-bond donors (Lipinski definition) is 20. The molecule has 7 amide bonds. The fraction of sp³-hybridized carbons (Fsp3) is 0.563. The van der Waals surface area contributed by atoms with Gasteiger partial charge in [0.05, 0.1) is 38.0 Å². The van der Waals surface area contributed by atoms with Crippen molar-refractivity contribution < 1.29 is 118 Å². The van der Waals surface area contributed by atoms with E-state index in [2.05, 4.69) is 52.5 Å². The number of carboxylic acid groups (broad SMARTS) is 1. The fourth-order valence-electron chi connectivity index (χ4n) is 12.9. The van der Waals surface area contributed by atoms with Crippen molar-refractivity contribution in [3.63, 3.8) is 0 Å². The van der Waals surface area contributed by atoms with Gasteiger partial charge in [-0.05, 0) is 86.8 Å². The van der Waals surface area contributed by atoms with Crippen molar-refractivity contribution in [2.75, 3.05) is 37.8 Å². The summed E-state index contributed by atoms with van der Waals surface area (Å²) in [4.78, 5) is 151. The number of rotatable bonds is 25. The number of hydrogen-bond acceptors (Lipinski definition) is 27. The lowest BCUT2D eigenvalue weighted by Gasteiger charge is -2.47. The Balaban J connectivity index is 1.15. The number of ether oxygens (including phenoxy) is 3. The largest absolute Gasteiger partial charge is 0.508 e. The van der Waals surface area contributed by atoms with Gasteiger partial charge < -0.3 is 118 Å². The smallest absolute Gasteiger partial charge is 0.328 e. The van der Waals surface area contributed by atoms with Gasteiger partial charge in [0, 0.05) is 66.5 Å². The number of aliphatic imine (C=N–C) groups is 1. The maximum atomic E-state index is 15.4. The average Bonchev–Trinajstić information content (AvgIpc) is 1.46. The number of aromatic nitrogens is 1. The van der Waals surface area contributed by atoms with Crippen LogP contribution in [0.3, 0.4) is 0 Å². The number of aromatic hydroxyl groups is 1. The van der Waals surface area contributed by atoms with Crippen molar-refractivity contribution in [2.45, 2.75) is 201 Å². The van der Waals surface area contributed by atoms with Crippen LogP contribution in [0, 0.1) is 11.3 Å². The minimum atomic E-state index is -2.76. The highest BCUT2D eigenvalue weighted by Crippen LogP contribution is 2.35. The summed E-state index contributed by atoms with van der Waals surface area (Å²) in [6.45, 7) is 5.02. The summed E-state index contributed by atoms with van der Waals surface area (Å²) in [6.07, 6.45) is -17.3. The highest BCUT2D eigenvalue weighted by atomic mass is 33.1. The maximum absolute atomic E-state index is 15.4. The molecular weight excluding hydrogens is 1440 g/mol. The Morgan fingerprint density at radius 2 is 1.36 bits per heavy atom. The number of carbonyl (C=O) groups excluding carboxylic acids is 9. The third-order valence-electron chi connectivity index (χ3n) is 18.9. The molecule has 0 spiro atoms. The van der Waals surface area contributed by atoms with Gasteiger partial charge in [-0.2, -0.15) is 0 Å². The van der Waals surface area contributed by atoms with Crippen LogP contribution < -0.4 is 42.5 Å². The second kappa shape index (κ2) is 38.3. The topological polar surface area (TPSA) is 545 Å². The fourth-order valence-corrected chi connectivity index (χ4v) is 15.2. The van der Waals surface area contributed by atoms with Crippen molar-refractivity contribution in [3.8, 4) is 5.75 Å². The van der Waals surface area contributed by atoms with Crippen molar-refractivity contribution in [1.29, 1.82) is 0 Å². The monoisotopic (exact) mass is 1540 g/mol. The number of phenols is 1. The zero-order valence-corrected chi connectivity index (χ0v) is 61.1. The average molecular weight is 1540 g/mol. The van der Waals surface area contributed by atoms with Gasteiger partial charge in [0.2, 0.25) is 47.1 Å². The van der Waals surface area contributed by atoms with Crippen LogP contribution in [0.25, 0.3) is 10.9 Å². The predicted octanol–water partition coefficient (Wildman–Crippen LogP) is -3.67. The molecule has 1 aliphatic carbocycles. The first-order chi connectivity index (χ1) is 50.7. The van der Waals surface area contributed by atoms with Crippen LogP contribution in [0.5, 0.6) is 5.75 Å². The summed E-state index contributed by atoms with van der Waals surface area (Å²) in [7, 11) is 1.58. The van der Waals surface area contributed by atoms with Crippen LogP contribution in [0.15, 0.2) is 90.1 Å². The summed E-state index contributed by atoms with van der Waals surface area (Å²) in [5, 5.41) is 140. The van der Waals surface area contributed by atoms with E-state index in [9.17, 15) is 84.9 Å². The quantitative estimate of drug-likeness (QED) is 0.0132. The van der Waals surface area contributed by atoms with E-state index in [-0.39, 0.29) is 75.2 Å². The maximum Gasteiger partial charge on any atom is 0.328 e. The number of aliphatic hydroxyl groups is 9. The molecule has 0 unspecified atom stereocenters. The zero-order valence-electron chi connectivity index (χ0n) is 59.4. The molecule has 4 fully saturated rings. The van der Waals surface area contributed by atoms with Crippen molar-refractivity contribution in [3.05, 3.63) is 102 Å². The van der Waals surface area contributed by atoms with Gasteiger partial charge in [-0.3, -0.25) is 48.1 Å². The number of para-hydroxylation sites is 1. The van der Waals surface area contributed by atoms with Crippen molar-refractivity contribution >= 4 is 97.1 Å². The third-order valence-corrected chi connectivity index (χ3v) is 21.4. The highest BCUT2D eigenvalue weighted by molar-refractivity contribution is 8.76. The van der Waals surface area contributed by atoms with Gasteiger partial charge in [0.15, 0.2) is 12.3 Å². The SMILES string of the molecule is CC(=NCCCC[C@@H]1NC(=O)[C@@H](Cc2c[nH]c3ccccc23)NC(=O)[C@H](Cc2ccc(O)cc2)NC(=O)[C@@H](NC(=O)[C@@H](Cc2ccccc2)NC[C@@]2(O)OC[C@@H](O)[C@@H](O[C@H]3O[C@H](CO)[C@@H](O)[C@H](O)[C@H]3O)[C@@H]2O)CSSC[C@@H](C(=O)N[C@@H](C(=O)O)[C@@H](C)O)NC(=O)[C@H]([C@@H](C)O)NC1=O)C1C(=O)CC(C)(C)CC1=O. The van der Waals surface area contributed by atoms with Crippen LogP contribution in [-0.2, 0) is 81.4 Å². The Bertz CT molecular complexity index is 3780. The Morgan fingerprint density at radius 1 is 0.738 bits per heavy atom. The normalized spacial score (nSPS) is 29.6. The highest BCUT2D eigenvalue weighted by Gasteiger charge is 2.54. The van der Waals surface area contributed by atoms with Crippen LogP contribution in [-0.4, -0.2) is 279 Å². The molecule has 19 atom stereocenters. The second-order valence-corrected chi connectivity index (χ2v) is 30.6. The van der Waals surface area contributed by atoms with Gasteiger partial charge in [-0.1, -0.05) is 96.1 Å². The lowest BCUT2D eigenvalue weighted by atomic mass is 9.70. The summed E-state index contributed by atoms with van der Waals surface area (Å²) in [5.74, 6) is -14.7. The number of amides is 7. The molecule has 20 N–H and O–H groups in total. The lowest BCUT2D eigenvalue weighted by molar-refractivity contribution is -0.367. The molecule has 0 bridgehead atoms. The molecule has 4 aliphatic rings. The minimum Gasteiger partial charge on any atom is -0.508 e. The van der Waals surface area contributed by atoms with Crippen molar-refractivity contribution in [2.24, 2.45) is 16.3 Å². The lowest BCUT2D eigenvalue weighted by Crippen LogP contribution is -2.68. The molecule has 3 saturated heterocycles. The Hall–Kier alpha value is -8.05. The van der Waals surface area contributed by atoms with E-state index in [1.54, 1.807) is 67.7 Å². The first-order valence-corrected chi connectivity index (χ1v) is 37.5. The standard InChI is InChI=1S/C71H96N10O24S2/c1-34(53-49(86)26-70(4,5)27-50(53)87)72-22-12-11-17-43-61(93)80-54(35(2)83)67(99)79-48(66(98)81-55(36(3)84)68(100)101)32-107-106-31-47(65(97)76-45(24-38-18-20-40(85)21-19-38)63(95)77-46(64(96)75-43)25-39-28-73-42-16-10-9-15-41(39)42)78-62(94)44(23-37-13-7-6-8-14-37)74-33-71(102)60(92)59(51(88)30-103-71)105-69-58(91)57(90)56(89)52(29-82)104-69/h6-10,13-16,18-21,28,35-36,43-48,51-60,69,73-74,82-85,88-92,102H,11-12,17,22-27,29-33H2,1-5H3,(H,75,96)(H,76,97)(H,77,95)(H,78,94)(H,79,99)(H,80,93)(H,81,98)(H,100,101)/t35-,36-,43+,44-,45+,46-,47+,48+,51-,52-,54+,55-,56-,57+,58-,59-,60+,69-,71-/m1/s1. The number of aliphatic carboxylic acids is 1. The van der Waals surface area contributed by atoms with Gasteiger partial charge >= 0.3 is 5.97 Å². The van der Waals surface area contributed by atoms with Crippen LogP contribution in [0.1, 0.15) is 83.4 Å². The summed E-state index contributed by atoms with van der Waals surface area (Å²) in [5.41, 5.74) is 1.75. The first-order valence-electron chi connectivity index (χ1n) is 35.0. The number of nitrogens with one attached hydrogen (secondary N) is 9. The van der Waals surface area contributed by atoms with Gasteiger partial charge in [-0.25, -0.2) is 4.79 Å². The molecule has 3 aliphatic heterocycles. The molecule has 1 aromatic heterocycles. The summed E-state index contributed by atoms with van der Waals surface area (Å²) < 4.78 is 16.7. The number of aromatic amines is 1. The Kier molecular flexibility index (Phi) is 30.3. The van der Waals surface area contributed by atoms with Crippen LogP contribution in [0.4, 0.5) is 0 Å². The molecule has 0 radical (unpaired) electrons. The number of phenolic OH excluding ortho intramolecular Hbond substituents is 1. The molecule has 4 heterocycles. The number of unbranched alkanes of at least 4 members (excludes halogenated alkanes) is 1. The number of benzene rings is 3. The number of H-pyrrole nitrogens is 1. The molecule has 8 rings (SSSR count). The number of fused-ring (bicyclic) bond motifs is 1. The summed E-state index contributed by atoms with van der Waals surface area (Å²) in [6, 6.07) is 7.00. The van der Waals surface area contributed by atoms with E-state index < -0.39 is 205 Å². The molecule has 107 heavy (non-hydrogen) atoms. The number of carbonyl (C=O) groups is 10. The Morgan fingerprint density at radius 3 is 2.02 bits per heavy atom. The predicted molar refractivity (Wildman–Crippen MR) is 385 cm³/mol. The van der Waals surface area contributed by atoms with Gasteiger partial charge in [-0.15, -0.1) is 0 Å². The molecule has 34 nitrogen and oxygen atoms in total. The second-order valence-electron chi connectivity index (χ2n) is 28.1. The van der Waals surface area contributed by atoms with Crippen molar-refractivity contribution in [1.82, 2.24) is 47.5 Å². The molecule has 1 saturated carbocycles. The van der Waals surface area contributed by atoms with Crippen LogP contribution in [0.2, 0.25) is 0 Å². The Labute approximate surface area is 623 Å². The number of nitrogens with zero attached hydrogens (tertiary/aromatic N) is 1.